The van der Waals surface area contributed by atoms with Crippen LogP contribution in [-0.2, 0) is 29.1 Å². The number of hydrogen-bond acceptors (Lipinski definition) is 4. The molecule has 7 nitrogen and oxygen atoms in total. The third kappa shape index (κ3) is 5.45. The summed E-state index contributed by atoms with van der Waals surface area (Å²) in [7, 11) is 0. The van der Waals surface area contributed by atoms with Gasteiger partial charge in [0.2, 0.25) is 5.91 Å². The number of halogens is 1. The van der Waals surface area contributed by atoms with Crippen molar-refractivity contribution in [3.05, 3.63) is 47.5 Å². The van der Waals surface area contributed by atoms with Crippen LogP contribution in [0.15, 0.2) is 30.5 Å². The van der Waals surface area contributed by atoms with Gasteiger partial charge >= 0.3 is 5.97 Å². The second kappa shape index (κ2) is 8.19. The zero-order chi connectivity index (χ0) is 17.5. The number of carboxylic acids is 1. The van der Waals surface area contributed by atoms with E-state index in [1.165, 1.54) is 23.0 Å². The Bertz CT molecular complexity index is 717. The first-order valence-corrected chi connectivity index (χ1v) is 7.57. The minimum atomic E-state index is -1.01. The van der Waals surface area contributed by atoms with Crippen LogP contribution < -0.4 is 5.32 Å². The summed E-state index contributed by atoms with van der Waals surface area (Å²) in [4.78, 5) is 22.6. The van der Waals surface area contributed by atoms with Gasteiger partial charge in [0.05, 0.1) is 12.7 Å². The Morgan fingerprint density at radius 3 is 2.92 bits per heavy atom. The summed E-state index contributed by atoms with van der Waals surface area (Å²) >= 11 is 0. The molecule has 1 aromatic carbocycles. The van der Waals surface area contributed by atoms with E-state index in [4.69, 9.17) is 5.11 Å². The lowest BCUT2D eigenvalue weighted by Crippen LogP contribution is -2.29. The fourth-order valence-corrected chi connectivity index (χ4v) is 2.19. The molecule has 1 amide bonds. The highest BCUT2D eigenvalue weighted by Crippen LogP contribution is 2.11. The van der Waals surface area contributed by atoms with Crippen LogP contribution in [0.4, 0.5) is 4.39 Å². The number of nitrogens with one attached hydrogen (secondary N) is 1. The number of carbonyl (C=O) groups is 2. The third-order valence-corrected chi connectivity index (χ3v) is 3.53. The minimum absolute atomic E-state index is 0.140. The van der Waals surface area contributed by atoms with Crippen LogP contribution in [-0.4, -0.2) is 32.0 Å². The second-order valence-electron chi connectivity index (χ2n) is 5.59. The Labute approximate surface area is 138 Å². The summed E-state index contributed by atoms with van der Waals surface area (Å²) < 4.78 is 14.3. The topological polar surface area (TPSA) is 97.1 Å². The molecule has 1 unspecified atom stereocenters. The Kier molecular flexibility index (Phi) is 6.00. The van der Waals surface area contributed by atoms with Gasteiger partial charge < -0.3 is 10.4 Å². The average molecular weight is 334 g/mol. The molecule has 2 rings (SSSR count). The lowest BCUT2D eigenvalue weighted by Gasteiger charge is -2.11. The molecule has 2 aromatic rings. The van der Waals surface area contributed by atoms with Crippen molar-refractivity contribution in [1.29, 1.82) is 0 Å². The fourth-order valence-electron chi connectivity index (χ4n) is 2.19. The highest BCUT2D eigenvalue weighted by atomic mass is 19.1. The molecule has 128 valence electrons. The minimum Gasteiger partial charge on any atom is -0.480 e. The smallest absolute Gasteiger partial charge is 0.325 e. The van der Waals surface area contributed by atoms with Gasteiger partial charge in [-0.25, -0.2) is 9.07 Å². The summed E-state index contributed by atoms with van der Waals surface area (Å²) in [5.41, 5.74) is 1.34. The van der Waals surface area contributed by atoms with Crippen molar-refractivity contribution in [2.75, 3.05) is 0 Å². The average Bonchev–Trinajstić information content (AvgIpc) is 2.97. The predicted octanol–water partition coefficient (Wildman–Crippen LogP) is 1.39. The number of aromatic nitrogens is 3. The van der Waals surface area contributed by atoms with Crippen LogP contribution in [0.2, 0.25) is 0 Å². The number of nitrogens with zero attached hydrogens (tertiary/aromatic N) is 3. The summed E-state index contributed by atoms with van der Waals surface area (Å²) in [6.45, 7) is 1.71. The van der Waals surface area contributed by atoms with E-state index >= 15 is 0 Å². The number of carboxylic acid groups (broad SMARTS) is 1. The molecule has 1 heterocycles. The zero-order valence-electron chi connectivity index (χ0n) is 13.3. The van der Waals surface area contributed by atoms with Gasteiger partial charge in [0.15, 0.2) is 0 Å². The van der Waals surface area contributed by atoms with Gasteiger partial charge in [0.25, 0.3) is 0 Å². The molecular formula is C16H19FN4O3. The van der Waals surface area contributed by atoms with E-state index in [0.29, 0.717) is 18.5 Å². The van der Waals surface area contributed by atoms with Crippen LogP contribution in [0.1, 0.15) is 24.6 Å². The molecule has 0 aliphatic rings. The van der Waals surface area contributed by atoms with Gasteiger partial charge in [0.1, 0.15) is 18.1 Å². The summed E-state index contributed by atoms with van der Waals surface area (Å²) in [5, 5.41) is 18.9. The Morgan fingerprint density at radius 1 is 1.42 bits per heavy atom. The zero-order valence-corrected chi connectivity index (χ0v) is 13.3. The molecule has 0 fully saturated rings. The second-order valence-corrected chi connectivity index (χ2v) is 5.59. The fraction of sp³-hybridized carbons (Fsp3) is 0.375. The first-order chi connectivity index (χ1) is 11.4. The molecule has 2 N–H and O–H groups in total. The maximum atomic E-state index is 13.1. The quantitative estimate of drug-likeness (QED) is 0.760. The number of aryl methyl sites for hydroxylation is 1. The summed E-state index contributed by atoms with van der Waals surface area (Å²) in [5.74, 6) is -1.67. The lowest BCUT2D eigenvalue weighted by molar-refractivity contribution is -0.138. The molecule has 0 bridgehead atoms. The van der Waals surface area contributed by atoms with E-state index in [1.807, 2.05) is 6.07 Å². The van der Waals surface area contributed by atoms with Crippen molar-refractivity contribution in [3.8, 4) is 0 Å². The number of carbonyl (C=O) groups excluding carboxylic acids is 1. The Balaban J connectivity index is 1.77. The lowest BCUT2D eigenvalue weighted by atomic mass is 10.0. The van der Waals surface area contributed by atoms with E-state index in [-0.39, 0.29) is 30.7 Å². The first-order valence-electron chi connectivity index (χ1n) is 7.57. The molecule has 0 saturated carbocycles. The van der Waals surface area contributed by atoms with Crippen molar-refractivity contribution in [2.45, 2.75) is 32.9 Å². The molecule has 0 aliphatic carbocycles. The number of rotatable bonds is 8. The maximum absolute atomic E-state index is 13.1. The first kappa shape index (κ1) is 17.6. The van der Waals surface area contributed by atoms with Gasteiger partial charge in [-0.3, -0.25) is 9.59 Å². The monoisotopic (exact) mass is 334 g/mol. The molecule has 0 aliphatic heterocycles. The molecule has 8 heteroatoms. The van der Waals surface area contributed by atoms with Crippen LogP contribution in [0.25, 0.3) is 0 Å². The Hall–Kier alpha value is -2.77. The van der Waals surface area contributed by atoms with E-state index in [2.05, 4.69) is 15.6 Å². The number of aliphatic carboxylic acids is 1. The van der Waals surface area contributed by atoms with Crippen molar-refractivity contribution in [2.24, 2.45) is 5.92 Å². The van der Waals surface area contributed by atoms with E-state index < -0.39 is 5.97 Å². The van der Waals surface area contributed by atoms with Gasteiger partial charge in [-0.2, -0.15) is 0 Å². The maximum Gasteiger partial charge on any atom is 0.325 e. The van der Waals surface area contributed by atoms with Crippen LogP contribution in [0.3, 0.4) is 0 Å². The number of benzene rings is 1. The van der Waals surface area contributed by atoms with Crippen LogP contribution >= 0.6 is 0 Å². The van der Waals surface area contributed by atoms with Crippen LogP contribution in [0, 0.1) is 11.7 Å². The number of amides is 1. The Morgan fingerprint density at radius 2 is 2.21 bits per heavy atom. The van der Waals surface area contributed by atoms with Gasteiger partial charge in [0, 0.05) is 5.92 Å². The summed E-state index contributed by atoms with van der Waals surface area (Å²) in [6.07, 6.45) is 2.69. The van der Waals surface area contributed by atoms with Gasteiger partial charge in [-0.05, 0) is 30.5 Å². The van der Waals surface area contributed by atoms with Crippen molar-refractivity contribution in [3.63, 3.8) is 0 Å². The standard InChI is InChI=1S/C16H19FN4O3/c1-11(5-6-12-3-2-4-13(17)7-12)16(24)18-8-14-9-21(20-19-14)10-15(22)23/h2-4,7,9,11H,5-6,8,10H2,1H3,(H,18,24)(H,22,23). The van der Waals surface area contributed by atoms with Gasteiger partial charge in [-0.1, -0.05) is 24.3 Å². The van der Waals surface area contributed by atoms with Gasteiger partial charge in [-0.15, -0.1) is 5.10 Å². The predicted molar refractivity (Wildman–Crippen MR) is 83.4 cm³/mol. The van der Waals surface area contributed by atoms with Crippen molar-refractivity contribution >= 4 is 11.9 Å². The molecule has 0 saturated heterocycles. The number of hydrogen-bond donors (Lipinski definition) is 2. The van der Waals surface area contributed by atoms with Crippen molar-refractivity contribution in [1.82, 2.24) is 20.3 Å². The highest BCUT2D eigenvalue weighted by molar-refractivity contribution is 5.78. The third-order valence-electron chi connectivity index (χ3n) is 3.53. The molecular weight excluding hydrogens is 315 g/mol. The SMILES string of the molecule is CC(CCc1cccc(F)c1)C(=O)NCc1cn(CC(=O)O)nn1. The largest absolute Gasteiger partial charge is 0.480 e. The van der Waals surface area contributed by atoms with Crippen molar-refractivity contribution < 1.29 is 19.1 Å². The van der Waals surface area contributed by atoms with Crippen LogP contribution in [0.5, 0.6) is 0 Å². The van der Waals surface area contributed by atoms with E-state index in [9.17, 15) is 14.0 Å². The highest BCUT2D eigenvalue weighted by Gasteiger charge is 2.13. The normalized spacial score (nSPS) is 11.9. The molecule has 0 radical (unpaired) electrons. The summed E-state index contributed by atoms with van der Waals surface area (Å²) in [6, 6.07) is 6.33. The molecule has 24 heavy (non-hydrogen) atoms. The van der Waals surface area contributed by atoms with E-state index in [0.717, 1.165) is 5.56 Å². The molecule has 0 spiro atoms. The van der Waals surface area contributed by atoms with E-state index in [1.54, 1.807) is 13.0 Å². The molecule has 1 atom stereocenters. The molecule has 1 aromatic heterocycles.